The molecule has 11 heteroatoms. The Morgan fingerprint density at radius 2 is 2.13 bits per heavy atom. The van der Waals surface area contributed by atoms with Crippen molar-refractivity contribution < 1.29 is 4.79 Å². The highest BCUT2D eigenvalue weighted by Gasteiger charge is 2.57. The van der Waals surface area contributed by atoms with E-state index in [2.05, 4.69) is 26.5 Å². The number of nitrogens with zero attached hydrogens (tertiary/aromatic N) is 6. The first-order chi connectivity index (χ1) is 13.4. The van der Waals surface area contributed by atoms with Crippen molar-refractivity contribution in [3.63, 3.8) is 0 Å². The highest BCUT2D eigenvalue weighted by atomic mass is 35.5. The van der Waals surface area contributed by atoms with E-state index < -0.39 is 5.41 Å². The first-order valence-electron chi connectivity index (χ1n) is 9.48. The molecule has 2 aromatic heterocycles. The molecule has 1 atom stereocenters. The minimum atomic E-state index is -0.881. The molecule has 0 radical (unpaired) electrons. The van der Waals surface area contributed by atoms with E-state index in [1.54, 1.807) is 28.0 Å². The van der Waals surface area contributed by atoms with Gasteiger partial charge in [0.15, 0.2) is 0 Å². The van der Waals surface area contributed by atoms with Crippen molar-refractivity contribution in [2.45, 2.75) is 38.6 Å². The molecule has 3 N–H and O–H groups in total. The zero-order valence-electron chi connectivity index (χ0n) is 16.9. The Morgan fingerprint density at radius 3 is 2.77 bits per heavy atom. The van der Waals surface area contributed by atoms with Crippen LogP contribution in [0.3, 0.4) is 0 Å². The Balaban J connectivity index is 0.00000160. The third-order valence-corrected chi connectivity index (χ3v) is 5.71. The van der Waals surface area contributed by atoms with Crippen LogP contribution in [0.1, 0.15) is 33.1 Å². The van der Waals surface area contributed by atoms with E-state index in [1.807, 2.05) is 20.0 Å². The second kappa shape index (κ2) is 8.76. The minimum Gasteiger partial charge on any atom is -0.328 e. The molecule has 1 saturated heterocycles. The second-order valence-electron chi connectivity index (χ2n) is 8.12. The number of amides is 1. The predicted molar refractivity (Wildman–Crippen MR) is 118 cm³/mol. The van der Waals surface area contributed by atoms with Gasteiger partial charge in [0.25, 0.3) is 0 Å². The van der Waals surface area contributed by atoms with Crippen molar-refractivity contribution in [1.29, 1.82) is 5.26 Å². The van der Waals surface area contributed by atoms with Crippen molar-refractivity contribution in [3.8, 4) is 6.07 Å². The molecule has 0 aromatic carbocycles. The molecule has 2 aliphatic rings. The van der Waals surface area contributed by atoms with E-state index >= 15 is 0 Å². The van der Waals surface area contributed by atoms with Crippen molar-refractivity contribution in [2.75, 3.05) is 23.3 Å². The van der Waals surface area contributed by atoms with E-state index in [-0.39, 0.29) is 42.2 Å². The number of rotatable bonds is 6. The first-order valence-corrected chi connectivity index (χ1v) is 9.48. The van der Waals surface area contributed by atoms with Crippen molar-refractivity contribution in [1.82, 2.24) is 19.7 Å². The maximum absolute atomic E-state index is 13.0. The lowest BCUT2D eigenvalue weighted by Gasteiger charge is -2.22. The summed E-state index contributed by atoms with van der Waals surface area (Å²) in [6.45, 7) is 4.96. The molecule has 0 spiro atoms. The van der Waals surface area contributed by atoms with Gasteiger partial charge in [-0.2, -0.15) is 15.3 Å². The van der Waals surface area contributed by atoms with Crippen LogP contribution in [0.4, 0.5) is 17.5 Å². The molecule has 9 nitrogen and oxygen atoms in total. The van der Waals surface area contributed by atoms with Crippen molar-refractivity contribution in [3.05, 3.63) is 24.7 Å². The van der Waals surface area contributed by atoms with Gasteiger partial charge in [0.1, 0.15) is 11.2 Å². The molecular formula is C19H26Cl2N8O. The Morgan fingerprint density at radius 1 is 1.40 bits per heavy atom. The maximum atomic E-state index is 13.0. The van der Waals surface area contributed by atoms with Gasteiger partial charge in [0.2, 0.25) is 11.9 Å². The lowest BCUT2D eigenvalue weighted by molar-refractivity contribution is -0.123. The Bertz CT molecular complexity index is 952. The molecule has 162 valence electrons. The number of hydrogen-bond donors (Lipinski definition) is 2. The van der Waals surface area contributed by atoms with Crippen LogP contribution in [0.2, 0.25) is 0 Å². The zero-order valence-corrected chi connectivity index (χ0v) is 18.5. The first kappa shape index (κ1) is 23.9. The Labute approximate surface area is 187 Å². The molecule has 1 amide bonds. The predicted octanol–water partition coefficient (Wildman–Crippen LogP) is 2.61. The number of anilines is 3. The third-order valence-electron chi connectivity index (χ3n) is 5.71. The second-order valence-corrected chi connectivity index (χ2v) is 8.12. The number of nitrogens with two attached hydrogens (primary N) is 1. The largest absolute Gasteiger partial charge is 0.328 e. The quantitative estimate of drug-likeness (QED) is 0.689. The van der Waals surface area contributed by atoms with Gasteiger partial charge in [-0.05, 0) is 45.1 Å². The summed E-state index contributed by atoms with van der Waals surface area (Å²) < 4.78 is 1.79. The monoisotopic (exact) mass is 452 g/mol. The van der Waals surface area contributed by atoms with Gasteiger partial charge in [-0.25, -0.2) is 4.98 Å². The number of halogens is 2. The number of carbonyl (C=O) groups is 1. The third kappa shape index (κ3) is 4.08. The smallest absolute Gasteiger partial charge is 0.248 e. The van der Waals surface area contributed by atoms with Gasteiger partial charge in [-0.3, -0.25) is 14.4 Å². The van der Waals surface area contributed by atoms with Gasteiger partial charge < -0.3 is 11.1 Å². The lowest BCUT2D eigenvalue weighted by Crippen LogP contribution is -2.35. The molecule has 3 heterocycles. The normalized spacial score (nSPS) is 20.9. The van der Waals surface area contributed by atoms with Crippen molar-refractivity contribution in [2.24, 2.45) is 17.1 Å². The standard InChI is InChI=1S/C19H24N8O.2ClH/c1-18(2,11-20)27-10-14(9-23-27)24-17-22-7-5-15(25-17)26-8-6-19(12-21,16(26)28)13-3-4-13;;/h5,7,9-10,13H,3-4,6,8,11,20H2,1-2H3,(H,22,24,25);2*1H/t19-;;/m1../s1. The molecule has 1 aliphatic heterocycles. The number of hydrogen-bond acceptors (Lipinski definition) is 7. The average molecular weight is 453 g/mol. The van der Waals surface area contributed by atoms with E-state index in [1.165, 1.54) is 0 Å². The fourth-order valence-electron chi connectivity index (χ4n) is 3.61. The molecule has 1 saturated carbocycles. The number of aromatic nitrogens is 4. The molecular weight excluding hydrogens is 427 g/mol. The fraction of sp³-hybridized carbons (Fsp3) is 0.526. The van der Waals surface area contributed by atoms with Crippen LogP contribution >= 0.6 is 24.8 Å². The number of nitriles is 1. The van der Waals surface area contributed by atoms with Crippen LogP contribution in [-0.4, -0.2) is 38.7 Å². The molecule has 2 aromatic rings. The summed E-state index contributed by atoms with van der Waals surface area (Å²) in [5, 5.41) is 17.1. The summed E-state index contributed by atoms with van der Waals surface area (Å²) in [6.07, 6.45) is 7.59. The van der Waals surface area contributed by atoms with Gasteiger partial charge in [-0.15, -0.1) is 24.8 Å². The molecule has 0 bridgehead atoms. The summed E-state index contributed by atoms with van der Waals surface area (Å²) >= 11 is 0. The summed E-state index contributed by atoms with van der Waals surface area (Å²) in [6, 6.07) is 3.99. The van der Waals surface area contributed by atoms with Gasteiger partial charge in [0, 0.05) is 25.5 Å². The summed E-state index contributed by atoms with van der Waals surface area (Å²) in [7, 11) is 0. The van der Waals surface area contributed by atoms with Crippen LogP contribution < -0.4 is 16.0 Å². The highest BCUT2D eigenvalue weighted by Crippen LogP contribution is 2.51. The summed E-state index contributed by atoms with van der Waals surface area (Å²) in [5.74, 6) is 0.928. The zero-order chi connectivity index (χ0) is 19.9. The van der Waals surface area contributed by atoms with E-state index in [0.717, 1.165) is 18.5 Å². The fourth-order valence-corrected chi connectivity index (χ4v) is 3.61. The van der Waals surface area contributed by atoms with Crippen LogP contribution in [-0.2, 0) is 10.3 Å². The van der Waals surface area contributed by atoms with Gasteiger partial charge in [0.05, 0.1) is 23.5 Å². The molecule has 4 rings (SSSR count). The summed E-state index contributed by atoms with van der Waals surface area (Å²) in [5.41, 5.74) is 5.35. The average Bonchev–Trinajstić information content (AvgIpc) is 3.34. The lowest BCUT2D eigenvalue weighted by atomic mass is 9.83. The highest BCUT2D eigenvalue weighted by molar-refractivity contribution is 6.01. The Kier molecular flexibility index (Phi) is 6.97. The molecule has 30 heavy (non-hydrogen) atoms. The topological polar surface area (TPSA) is 126 Å². The van der Waals surface area contributed by atoms with Crippen LogP contribution in [0.5, 0.6) is 0 Å². The van der Waals surface area contributed by atoms with Crippen LogP contribution in [0.25, 0.3) is 0 Å². The number of carbonyl (C=O) groups excluding carboxylic acids is 1. The molecule has 1 aliphatic carbocycles. The van der Waals surface area contributed by atoms with E-state index in [0.29, 0.717) is 31.3 Å². The Hall–Kier alpha value is -2.41. The van der Waals surface area contributed by atoms with Gasteiger partial charge >= 0.3 is 0 Å². The molecule has 2 fully saturated rings. The van der Waals surface area contributed by atoms with E-state index in [9.17, 15) is 10.1 Å². The SMILES string of the molecule is CC(C)(CN)n1cc(Nc2nccc(N3CC[C@@](C#N)(C4CC4)C3=O)n2)cn1.Cl.Cl. The van der Waals surface area contributed by atoms with Gasteiger partial charge in [-0.1, -0.05) is 0 Å². The van der Waals surface area contributed by atoms with Crippen LogP contribution in [0, 0.1) is 22.7 Å². The van der Waals surface area contributed by atoms with Crippen LogP contribution in [0.15, 0.2) is 24.7 Å². The summed E-state index contributed by atoms with van der Waals surface area (Å²) in [4.78, 5) is 23.3. The van der Waals surface area contributed by atoms with E-state index in [4.69, 9.17) is 5.73 Å². The molecule has 0 unspecified atom stereocenters. The number of nitrogens with one attached hydrogen (secondary N) is 1. The minimum absolute atomic E-state index is 0. The maximum Gasteiger partial charge on any atom is 0.248 e. The van der Waals surface area contributed by atoms with Crippen molar-refractivity contribution >= 4 is 48.2 Å².